The van der Waals surface area contributed by atoms with Crippen molar-refractivity contribution >= 4 is 5.57 Å². The van der Waals surface area contributed by atoms with E-state index in [1.807, 2.05) is 0 Å². The predicted octanol–water partition coefficient (Wildman–Crippen LogP) is 15.3. The van der Waals surface area contributed by atoms with E-state index in [0.29, 0.717) is 71.9 Å². The summed E-state index contributed by atoms with van der Waals surface area (Å²) in [5.74, 6) is -9.01. The lowest BCUT2D eigenvalue weighted by Gasteiger charge is -2.41. The number of allylic oxidation sites excluding steroid dienone is 2. The fourth-order valence-corrected chi connectivity index (χ4v) is 10.7. The molecule has 72 heavy (non-hydrogen) atoms. The van der Waals surface area contributed by atoms with E-state index in [2.05, 4.69) is 29.4 Å². The Bertz CT molecular complexity index is 2420. The van der Waals surface area contributed by atoms with E-state index in [1.54, 1.807) is 6.07 Å². The normalized spacial score (nSPS) is 24.8. The number of benzene rings is 4. The number of ether oxygens (including phenoxy) is 4. The molecule has 4 aromatic rings. The van der Waals surface area contributed by atoms with Crippen LogP contribution in [0.4, 0.5) is 52.7 Å². The van der Waals surface area contributed by atoms with Gasteiger partial charge in [-0.2, -0.15) is 0 Å². The smallest absolute Gasteiger partial charge is 0.412 e. The lowest BCUT2D eigenvalue weighted by Crippen LogP contribution is -2.38. The van der Waals surface area contributed by atoms with E-state index in [4.69, 9.17) is 9.47 Å². The molecule has 396 valence electrons. The van der Waals surface area contributed by atoms with Gasteiger partial charge in [-0.1, -0.05) is 57.0 Å². The van der Waals surface area contributed by atoms with E-state index in [-0.39, 0.29) is 39.9 Å². The number of alkyl halides is 6. The third-order valence-corrected chi connectivity index (χ3v) is 14.5. The molecule has 0 spiro atoms. The molecule has 1 saturated carbocycles. The standard InChI is InChI=1S/C27H30F6O3.C27H28F6O2.H2O/c1-2-3-16-4-7-24(35-15-16)17-8-10-26(34,11-9-17)19-5-6-20(21(28)14-19)18-12-22(29)25(23(30)13-18)36-27(31,32)33;1-2-3-16-4-11-25(34-15-16)18-7-5-17(6-8-18)19-9-10-21(22(28)12-19)20-13-23(29)26(24(30)14-20)35-27(31,32)33;/h5-6,12-14,16-17,24,34H,2-4,7-11,15H2,1H3;5,9-10,12-14,16,18,25H,2-4,6-8,11,15H2,1H3;1H2. The second kappa shape index (κ2) is 24.1. The zero-order valence-corrected chi connectivity index (χ0v) is 40.0. The molecule has 3 N–H and O–H groups in total. The first kappa shape index (κ1) is 56.5. The lowest BCUT2D eigenvalue weighted by atomic mass is 9.72. The van der Waals surface area contributed by atoms with Crippen LogP contribution in [0.2, 0.25) is 0 Å². The van der Waals surface area contributed by atoms with Gasteiger partial charge in [0.2, 0.25) is 11.5 Å². The largest absolute Gasteiger partial charge is 0.573 e. The Morgan fingerprint density at radius 3 is 1.39 bits per heavy atom. The van der Waals surface area contributed by atoms with Gasteiger partial charge in [-0.15, -0.1) is 26.3 Å². The van der Waals surface area contributed by atoms with Crippen molar-refractivity contribution in [2.24, 2.45) is 23.7 Å². The molecule has 0 radical (unpaired) electrons. The monoisotopic (exact) mass is 1030 g/mol. The highest BCUT2D eigenvalue weighted by molar-refractivity contribution is 5.72. The second-order valence-corrected chi connectivity index (χ2v) is 19.4. The molecule has 18 heteroatoms. The molecule has 0 amide bonds. The van der Waals surface area contributed by atoms with Crippen molar-refractivity contribution in [2.75, 3.05) is 13.2 Å². The fourth-order valence-electron chi connectivity index (χ4n) is 10.7. The molecular weight excluding hydrogens is 973 g/mol. The van der Waals surface area contributed by atoms with Gasteiger partial charge >= 0.3 is 12.7 Å². The first-order chi connectivity index (χ1) is 33.6. The number of hydrogen-bond acceptors (Lipinski definition) is 5. The van der Waals surface area contributed by atoms with E-state index >= 15 is 0 Å². The van der Waals surface area contributed by atoms with Crippen LogP contribution < -0.4 is 9.47 Å². The highest BCUT2D eigenvalue weighted by atomic mass is 19.4. The van der Waals surface area contributed by atoms with Crippen molar-refractivity contribution < 1.29 is 82.2 Å². The molecule has 6 nitrogen and oxygen atoms in total. The summed E-state index contributed by atoms with van der Waals surface area (Å²) in [4.78, 5) is 0. The summed E-state index contributed by atoms with van der Waals surface area (Å²) < 4.78 is 179. The summed E-state index contributed by atoms with van der Waals surface area (Å²) >= 11 is 0. The summed E-state index contributed by atoms with van der Waals surface area (Å²) in [5.41, 5.74) is -0.0278. The molecule has 0 aromatic heterocycles. The molecule has 2 heterocycles. The minimum Gasteiger partial charge on any atom is -0.412 e. The van der Waals surface area contributed by atoms with Gasteiger partial charge in [0, 0.05) is 24.3 Å². The van der Waals surface area contributed by atoms with Crippen molar-refractivity contribution in [2.45, 2.75) is 141 Å². The van der Waals surface area contributed by atoms with Crippen molar-refractivity contribution in [3.63, 3.8) is 0 Å². The zero-order valence-electron chi connectivity index (χ0n) is 40.0. The first-order valence-electron chi connectivity index (χ1n) is 24.4. The zero-order chi connectivity index (χ0) is 51.3. The third-order valence-electron chi connectivity index (χ3n) is 14.5. The molecule has 4 aliphatic rings. The molecule has 2 aliphatic heterocycles. The molecule has 2 aliphatic carbocycles. The van der Waals surface area contributed by atoms with Gasteiger partial charge in [-0.25, -0.2) is 26.3 Å². The summed E-state index contributed by atoms with van der Waals surface area (Å²) in [7, 11) is 0. The lowest BCUT2D eigenvalue weighted by molar-refractivity contribution is -0.277. The predicted molar refractivity (Wildman–Crippen MR) is 246 cm³/mol. The number of rotatable bonds is 12. The van der Waals surface area contributed by atoms with Crippen LogP contribution in [0, 0.1) is 58.6 Å². The van der Waals surface area contributed by atoms with Crippen LogP contribution >= 0.6 is 0 Å². The van der Waals surface area contributed by atoms with Gasteiger partial charge in [-0.3, -0.25) is 0 Å². The summed E-state index contributed by atoms with van der Waals surface area (Å²) in [6.07, 6.45) is 6.03. The number of hydrogen-bond donors (Lipinski definition) is 1. The van der Waals surface area contributed by atoms with Gasteiger partial charge in [-0.05, 0) is 171 Å². The van der Waals surface area contributed by atoms with Crippen LogP contribution in [-0.2, 0) is 15.1 Å². The maximum Gasteiger partial charge on any atom is 0.573 e. The van der Waals surface area contributed by atoms with Crippen molar-refractivity contribution in [3.8, 4) is 33.8 Å². The van der Waals surface area contributed by atoms with Gasteiger partial charge < -0.3 is 29.5 Å². The van der Waals surface area contributed by atoms with Gasteiger partial charge in [0.15, 0.2) is 23.3 Å². The Morgan fingerprint density at radius 1 is 0.556 bits per heavy atom. The first-order valence-corrected chi connectivity index (χ1v) is 24.4. The Kier molecular flexibility index (Phi) is 18.9. The van der Waals surface area contributed by atoms with Gasteiger partial charge in [0.05, 0.1) is 17.8 Å². The van der Waals surface area contributed by atoms with Crippen LogP contribution in [-0.4, -0.2) is 48.7 Å². The van der Waals surface area contributed by atoms with Crippen LogP contribution in [0.1, 0.15) is 121 Å². The molecule has 5 unspecified atom stereocenters. The molecule has 2 saturated heterocycles. The quantitative estimate of drug-likeness (QED) is 0.143. The number of aliphatic hydroxyl groups is 1. The highest BCUT2D eigenvalue weighted by Crippen LogP contribution is 2.45. The maximum absolute atomic E-state index is 15.0. The maximum atomic E-state index is 15.0. The van der Waals surface area contributed by atoms with E-state index < -0.39 is 64.7 Å². The highest BCUT2D eigenvalue weighted by Gasteiger charge is 2.40. The van der Waals surface area contributed by atoms with Crippen molar-refractivity contribution in [3.05, 3.63) is 113 Å². The van der Waals surface area contributed by atoms with Gasteiger partial charge in [0.25, 0.3) is 0 Å². The third kappa shape index (κ3) is 14.3. The van der Waals surface area contributed by atoms with Gasteiger partial charge in [0.1, 0.15) is 11.6 Å². The summed E-state index contributed by atoms with van der Waals surface area (Å²) in [6.45, 7) is 5.96. The average molecular weight is 1030 g/mol. The van der Waals surface area contributed by atoms with Crippen LogP contribution in [0.3, 0.4) is 0 Å². The molecular formula is C54H60F12O6. The fraction of sp³-hybridized carbons (Fsp3) is 0.519. The minimum atomic E-state index is -5.27. The molecule has 8 rings (SSSR count). The summed E-state index contributed by atoms with van der Waals surface area (Å²) in [5, 5.41) is 11.2. The van der Waals surface area contributed by atoms with E-state index in [9.17, 15) is 57.8 Å². The molecule has 4 aromatic carbocycles. The van der Waals surface area contributed by atoms with Crippen LogP contribution in [0.15, 0.2) is 66.7 Å². The summed E-state index contributed by atoms with van der Waals surface area (Å²) in [6, 6.07) is 10.6. The molecule has 3 fully saturated rings. The minimum absolute atomic E-state index is 0. The topological polar surface area (TPSA) is 88.7 Å². The Labute approximate surface area is 411 Å². The molecule has 0 bridgehead atoms. The second-order valence-electron chi connectivity index (χ2n) is 19.4. The average Bonchev–Trinajstić information content (AvgIpc) is 3.32. The number of halogens is 12. The Morgan fingerprint density at radius 2 is 1.00 bits per heavy atom. The van der Waals surface area contributed by atoms with E-state index in [1.165, 1.54) is 49.9 Å². The van der Waals surface area contributed by atoms with Crippen molar-refractivity contribution in [1.82, 2.24) is 0 Å². The molecule has 5 atom stereocenters. The van der Waals surface area contributed by atoms with E-state index in [0.717, 1.165) is 82.6 Å². The van der Waals surface area contributed by atoms with Crippen molar-refractivity contribution in [1.29, 1.82) is 0 Å². The Balaban J connectivity index is 0.000000232. The SMILES string of the molecule is CCCC1CCC(C2CC=C(c3ccc(-c4cc(F)c(OC(F)(F)F)c(F)c4)c(F)c3)CC2)OC1.CCCC1CCC(C2CCC(O)(c3ccc(-c4cc(F)c(OC(F)(F)F)c(F)c4)c(F)c3)CC2)OC1.O. The van der Waals surface area contributed by atoms with Crippen LogP contribution in [0.5, 0.6) is 11.5 Å². The Hall–Kier alpha value is -4.78. The van der Waals surface area contributed by atoms with Crippen LogP contribution in [0.25, 0.3) is 27.8 Å².